The van der Waals surface area contributed by atoms with Gasteiger partial charge in [0.15, 0.2) is 0 Å². The average Bonchev–Trinajstić information content (AvgIpc) is 2.30. The normalized spacial score (nSPS) is 12.4. The third kappa shape index (κ3) is 2.67. The molecule has 0 aliphatic heterocycles. The standard InChI is InChI=1S/C14H16N2/c1-11-6-5-9-14(16-11)13(15)10-12-7-3-2-4-8-12/h2-9,13H,10,15H2,1H3. The van der Waals surface area contributed by atoms with Crippen molar-refractivity contribution in [3.63, 3.8) is 0 Å². The molecule has 2 rings (SSSR count). The topological polar surface area (TPSA) is 38.9 Å². The molecule has 2 N–H and O–H groups in total. The van der Waals surface area contributed by atoms with Gasteiger partial charge in [-0.25, -0.2) is 0 Å². The molecule has 0 amide bonds. The monoisotopic (exact) mass is 212 g/mol. The van der Waals surface area contributed by atoms with E-state index in [1.807, 2.05) is 43.3 Å². The van der Waals surface area contributed by atoms with Crippen LogP contribution in [0.25, 0.3) is 0 Å². The summed E-state index contributed by atoms with van der Waals surface area (Å²) in [6, 6.07) is 16.2. The second-order valence-corrected chi connectivity index (χ2v) is 4.00. The lowest BCUT2D eigenvalue weighted by Crippen LogP contribution is -2.15. The highest BCUT2D eigenvalue weighted by molar-refractivity contribution is 5.20. The Balaban J connectivity index is 2.12. The molecule has 0 aliphatic rings. The lowest BCUT2D eigenvalue weighted by atomic mass is 10.0. The summed E-state index contributed by atoms with van der Waals surface area (Å²) in [7, 11) is 0. The fourth-order valence-corrected chi connectivity index (χ4v) is 1.74. The van der Waals surface area contributed by atoms with Crippen molar-refractivity contribution < 1.29 is 0 Å². The van der Waals surface area contributed by atoms with E-state index in [4.69, 9.17) is 5.73 Å². The second-order valence-electron chi connectivity index (χ2n) is 4.00. The van der Waals surface area contributed by atoms with Crippen LogP contribution in [0.3, 0.4) is 0 Å². The summed E-state index contributed by atoms with van der Waals surface area (Å²) in [5.41, 5.74) is 9.36. The lowest BCUT2D eigenvalue weighted by Gasteiger charge is -2.11. The molecule has 0 bridgehead atoms. The summed E-state index contributed by atoms with van der Waals surface area (Å²) in [5.74, 6) is 0. The summed E-state index contributed by atoms with van der Waals surface area (Å²) in [5, 5.41) is 0. The van der Waals surface area contributed by atoms with Gasteiger partial charge in [0.25, 0.3) is 0 Å². The summed E-state index contributed by atoms with van der Waals surface area (Å²) in [4.78, 5) is 4.44. The predicted octanol–water partition coefficient (Wildman–Crippen LogP) is 2.63. The Morgan fingerprint density at radius 2 is 1.81 bits per heavy atom. The first-order valence-electron chi connectivity index (χ1n) is 5.49. The summed E-state index contributed by atoms with van der Waals surface area (Å²) < 4.78 is 0. The number of pyridine rings is 1. The van der Waals surface area contributed by atoms with Crippen LogP contribution in [0.15, 0.2) is 48.5 Å². The van der Waals surface area contributed by atoms with Crippen LogP contribution >= 0.6 is 0 Å². The zero-order valence-corrected chi connectivity index (χ0v) is 9.43. The van der Waals surface area contributed by atoms with Crippen LogP contribution in [0.1, 0.15) is 23.0 Å². The minimum absolute atomic E-state index is 0.0256. The molecule has 0 saturated heterocycles. The summed E-state index contributed by atoms with van der Waals surface area (Å²) in [6.07, 6.45) is 0.831. The molecule has 0 aliphatic carbocycles. The van der Waals surface area contributed by atoms with Crippen molar-refractivity contribution >= 4 is 0 Å². The summed E-state index contributed by atoms with van der Waals surface area (Å²) in [6.45, 7) is 1.98. The Bertz CT molecular complexity index is 451. The molecule has 0 fully saturated rings. The highest BCUT2D eigenvalue weighted by Gasteiger charge is 2.07. The molecule has 1 unspecified atom stereocenters. The fourth-order valence-electron chi connectivity index (χ4n) is 1.74. The first-order chi connectivity index (χ1) is 7.75. The summed E-state index contributed by atoms with van der Waals surface area (Å²) >= 11 is 0. The molecule has 16 heavy (non-hydrogen) atoms. The van der Waals surface area contributed by atoms with Gasteiger partial charge in [-0.2, -0.15) is 0 Å². The van der Waals surface area contributed by atoms with Crippen molar-refractivity contribution in [3.8, 4) is 0 Å². The molecule has 0 saturated carbocycles. The highest BCUT2D eigenvalue weighted by atomic mass is 14.8. The van der Waals surface area contributed by atoms with Crippen molar-refractivity contribution in [1.82, 2.24) is 4.98 Å². The number of benzene rings is 1. The quantitative estimate of drug-likeness (QED) is 0.849. The van der Waals surface area contributed by atoms with Gasteiger partial charge in [0, 0.05) is 5.69 Å². The minimum Gasteiger partial charge on any atom is -0.322 e. The maximum atomic E-state index is 6.13. The van der Waals surface area contributed by atoms with E-state index in [-0.39, 0.29) is 6.04 Å². The number of nitrogens with zero attached hydrogens (tertiary/aromatic N) is 1. The average molecular weight is 212 g/mol. The molecule has 0 radical (unpaired) electrons. The SMILES string of the molecule is Cc1cccc(C(N)Cc2ccccc2)n1. The molecule has 2 aromatic rings. The van der Waals surface area contributed by atoms with Crippen LogP contribution in [0.4, 0.5) is 0 Å². The number of aromatic nitrogens is 1. The molecule has 0 spiro atoms. The number of hydrogen-bond donors (Lipinski definition) is 1. The van der Waals surface area contributed by atoms with E-state index >= 15 is 0 Å². The van der Waals surface area contributed by atoms with Gasteiger partial charge >= 0.3 is 0 Å². The zero-order chi connectivity index (χ0) is 11.4. The van der Waals surface area contributed by atoms with Crippen molar-refractivity contribution in [2.24, 2.45) is 5.73 Å². The zero-order valence-electron chi connectivity index (χ0n) is 9.43. The number of hydrogen-bond acceptors (Lipinski definition) is 2. The van der Waals surface area contributed by atoms with Crippen LogP contribution < -0.4 is 5.73 Å². The lowest BCUT2D eigenvalue weighted by molar-refractivity contribution is 0.693. The van der Waals surface area contributed by atoms with Crippen molar-refractivity contribution in [2.45, 2.75) is 19.4 Å². The molecule has 1 heterocycles. The maximum Gasteiger partial charge on any atom is 0.0577 e. The Morgan fingerprint density at radius 1 is 1.06 bits per heavy atom. The van der Waals surface area contributed by atoms with Gasteiger partial charge in [-0.05, 0) is 31.0 Å². The van der Waals surface area contributed by atoms with Gasteiger partial charge in [-0.3, -0.25) is 4.98 Å². The molecular weight excluding hydrogens is 196 g/mol. The first-order valence-corrected chi connectivity index (χ1v) is 5.49. The molecule has 1 aromatic heterocycles. The van der Waals surface area contributed by atoms with Crippen LogP contribution in [-0.2, 0) is 6.42 Å². The van der Waals surface area contributed by atoms with Crippen LogP contribution in [0.2, 0.25) is 0 Å². The van der Waals surface area contributed by atoms with Gasteiger partial charge in [-0.1, -0.05) is 36.4 Å². The van der Waals surface area contributed by atoms with E-state index in [1.54, 1.807) is 0 Å². The molecular formula is C14H16N2. The van der Waals surface area contributed by atoms with E-state index in [0.717, 1.165) is 17.8 Å². The van der Waals surface area contributed by atoms with E-state index in [0.29, 0.717) is 0 Å². The van der Waals surface area contributed by atoms with E-state index < -0.39 is 0 Å². The third-order valence-corrected chi connectivity index (χ3v) is 2.59. The van der Waals surface area contributed by atoms with Crippen molar-refractivity contribution in [3.05, 3.63) is 65.5 Å². The van der Waals surface area contributed by atoms with Gasteiger partial charge in [0.2, 0.25) is 0 Å². The molecule has 1 aromatic carbocycles. The smallest absolute Gasteiger partial charge is 0.0577 e. The predicted molar refractivity (Wildman–Crippen MR) is 66.0 cm³/mol. The minimum atomic E-state index is -0.0256. The van der Waals surface area contributed by atoms with Gasteiger partial charge in [0.05, 0.1) is 11.7 Å². The number of nitrogens with two attached hydrogens (primary N) is 1. The molecule has 82 valence electrons. The Morgan fingerprint density at radius 3 is 2.50 bits per heavy atom. The number of rotatable bonds is 3. The first kappa shape index (κ1) is 10.8. The van der Waals surface area contributed by atoms with Gasteiger partial charge < -0.3 is 5.73 Å². The van der Waals surface area contributed by atoms with Crippen molar-refractivity contribution in [2.75, 3.05) is 0 Å². The third-order valence-electron chi connectivity index (χ3n) is 2.59. The molecule has 2 nitrogen and oxygen atoms in total. The fraction of sp³-hybridized carbons (Fsp3) is 0.214. The highest BCUT2D eigenvalue weighted by Crippen LogP contribution is 2.14. The Kier molecular flexibility index (Phi) is 3.32. The molecule has 2 heteroatoms. The Hall–Kier alpha value is -1.67. The van der Waals surface area contributed by atoms with Gasteiger partial charge in [-0.15, -0.1) is 0 Å². The van der Waals surface area contributed by atoms with Crippen LogP contribution in [0, 0.1) is 6.92 Å². The van der Waals surface area contributed by atoms with E-state index in [1.165, 1.54) is 5.56 Å². The Labute approximate surface area is 96.1 Å². The number of aryl methyl sites for hydroxylation is 1. The largest absolute Gasteiger partial charge is 0.322 e. The van der Waals surface area contributed by atoms with Crippen LogP contribution in [-0.4, -0.2) is 4.98 Å². The molecule has 1 atom stereocenters. The second kappa shape index (κ2) is 4.90. The van der Waals surface area contributed by atoms with Crippen molar-refractivity contribution in [1.29, 1.82) is 0 Å². The van der Waals surface area contributed by atoms with E-state index in [9.17, 15) is 0 Å². The van der Waals surface area contributed by atoms with E-state index in [2.05, 4.69) is 17.1 Å². The van der Waals surface area contributed by atoms with Gasteiger partial charge in [0.1, 0.15) is 0 Å². The maximum absolute atomic E-state index is 6.13. The van der Waals surface area contributed by atoms with Crippen LogP contribution in [0.5, 0.6) is 0 Å².